The van der Waals surface area contributed by atoms with Crippen molar-refractivity contribution < 1.29 is 5.11 Å². The summed E-state index contributed by atoms with van der Waals surface area (Å²) >= 11 is 3.35. The molecule has 0 spiro atoms. The molecule has 2 aromatic rings. The largest absolute Gasteiger partial charge is 0.494 e. The van der Waals surface area contributed by atoms with E-state index in [4.69, 9.17) is 5.26 Å². The first-order valence-corrected chi connectivity index (χ1v) is 5.95. The number of halogens is 1. The molecular weight excluding hydrogens is 296 g/mol. The standard InChI is InChI=1S/C13H9BrN2O2/c1-7-2-3-8(14)4-9(7)10-5-12(17)16-13(18)11(10)6-15/h2-5H,1H3,(H2,16,17,18). The van der Waals surface area contributed by atoms with Crippen molar-refractivity contribution in [3.63, 3.8) is 0 Å². The SMILES string of the molecule is Cc1ccc(Br)cc1-c1cc(=O)[nH]c(O)c1C#N. The Morgan fingerprint density at radius 3 is 2.72 bits per heavy atom. The van der Waals surface area contributed by atoms with Crippen LogP contribution >= 0.6 is 15.9 Å². The van der Waals surface area contributed by atoms with E-state index < -0.39 is 11.4 Å². The van der Waals surface area contributed by atoms with Crippen LogP contribution in [0.3, 0.4) is 0 Å². The third-order valence-electron chi connectivity index (χ3n) is 2.62. The maximum Gasteiger partial charge on any atom is 0.251 e. The van der Waals surface area contributed by atoms with Crippen molar-refractivity contribution in [3.05, 3.63) is 50.2 Å². The number of aromatic hydroxyl groups is 1. The number of aryl methyl sites for hydroxylation is 1. The lowest BCUT2D eigenvalue weighted by Crippen LogP contribution is -2.06. The van der Waals surface area contributed by atoms with E-state index in [0.717, 1.165) is 15.6 Å². The number of hydrogen-bond donors (Lipinski definition) is 2. The number of rotatable bonds is 1. The fourth-order valence-corrected chi connectivity index (χ4v) is 2.12. The molecular formula is C13H9BrN2O2. The molecule has 0 saturated heterocycles. The Morgan fingerprint density at radius 1 is 1.33 bits per heavy atom. The van der Waals surface area contributed by atoms with E-state index in [-0.39, 0.29) is 5.56 Å². The number of pyridine rings is 1. The van der Waals surface area contributed by atoms with Crippen molar-refractivity contribution in [2.24, 2.45) is 0 Å². The average molecular weight is 305 g/mol. The van der Waals surface area contributed by atoms with Crippen LogP contribution < -0.4 is 5.56 Å². The van der Waals surface area contributed by atoms with Crippen molar-refractivity contribution in [3.8, 4) is 23.1 Å². The summed E-state index contributed by atoms with van der Waals surface area (Å²) in [4.78, 5) is 13.6. The Bertz CT molecular complexity index is 714. The van der Waals surface area contributed by atoms with Gasteiger partial charge in [-0.25, -0.2) is 0 Å². The van der Waals surface area contributed by atoms with Gasteiger partial charge in [0.25, 0.3) is 5.56 Å². The first-order valence-electron chi connectivity index (χ1n) is 5.16. The fraction of sp³-hybridized carbons (Fsp3) is 0.0769. The predicted molar refractivity (Wildman–Crippen MR) is 71.3 cm³/mol. The molecule has 1 aromatic carbocycles. The minimum Gasteiger partial charge on any atom is -0.494 e. The zero-order valence-electron chi connectivity index (χ0n) is 9.49. The van der Waals surface area contributed by atoms with Crippen LogP contribution in [0.15, 0.2) is 33.5 Å². The maximum atomic E-state index is 11.4. The molecule has 5 heteroatoms. The van der Waals surface area contributed by atoms with E-state index in [1.807, 2.05) is 31.2 Å². The molecule has 0 aliphatic rings. The highest BCUT2D eigenvalue weighted by Crippen LogP contribution is 2.30. The smallest absolute Gasteiger partial charge is 0.251 e. The highest BCUT2D eigenvalue weighted by Gasteiger charge is 2.13. The van der Waals surface area contributed by atoms with Crippen molar-refractivity contribution in [2.45, 2.75) is 6.92 Å². The third kappa shape index (κ3) is 2.15. The van der Waals surface area contributed by atoms with Gasteiger partial charge in [0, 0.05) is 16.1 Å². The lowest BCUT2D eigenvalue weighted by Gasteiger charge is -2.09. The molecule has 0 amide bonds. The van der Waals surface area contributed by atoms with Gasteiger partial charge in [-0.05, 0) is 30.2 Å². The van der Waals surface area contributed by atoms with Gasteiger partial charge in [0.05, 0.1) is 0 Å². The van der Waals surface area contributed by atoms with Gasteiger partial charge in [-0.1, -0.05) is 22.0 Å². The third-order valence-corrected chi connectivity index (χ3v) is 3.12. The number of nitrogens with zero attached hydrogens (tertiary/aromatic N) is 1. The number of aromatic nitrogens is 1. The molecule has 4 nitrogen and oxygen atoms in total. The lowest BCUT2D eigenvalue weighted by molar-refractivity contribution is 0.450. The molecule has 1 aromatic heterocycles. The maximum absolute atomic E-state index is 11.4. The van der Waals surface area contributed by atoms with Gasteiger partial charge in [0.15, 0.2) is 0 Å². The second kappa shape index (κ2) is 4.67. The highest BCUT2D eigenvalue weighted by atomic mass is 79.9. The van der Waals surface area contributed by atoms with Crippen LogP contribution in [0.1, 0.15) is 11.1 Å². The van der Waals surface area contributed by atoms with E-state index in [2.05, 4.69) is 20.9 Å². The molecule has 90 valence electrons. The number of H-pyrrole nitrogens is 1. The monoisotopic (exact) mass is 304 g/mol. The molecule has 2 rings (SSSR count). The van der Waals surface area contributed by atoms with E-state index >= 15 is 0 Å². The Kier molecular flexibility index (Phi) is 3.21. The summed E-state index contributed by atoms with van der Waals surface area (Å²) in [5, 5.41) is 18.7. The number of nitriles is 1. The van der Waals surface area contributed by atoms with Crippen LogP contribution in [0.25, 0.3) is 11.1 Å². The van der Waals surface area contributed by atoms with E-state index in [9.17, 15) is 9.90 Å². The quantitative estimate of drug-likeness (QED) is 0.850. The van der Waals surface area contributed by atoms with Crippen LogP contribution in [-0.4, -0.2) is 10.1 Å². The van der Waals surface area contributed by atoms with E-state index in [0.29, 0.717) is 5.56 Å². The highest BCUT2D eigenvalue weighted by molar-refractivity contribution is 9.10. The van der Waals surface area contributed by atoms with Crippen molar-refractivity contribution in [1.29, 1.82) is 5.26 Å². The molecule has 1 heterocycles. The normalized spacial score (nSPS) is 10.1. The van der Waals surface area contributed by atoms with Crippen LogP contribution in [0, 0.1) is 18.3 Å². The topological polar surface area (TPSA) is 76.9 Å². The second-order valence-electron chi connectivity index (χ2n) is 3.84. The number of aromatic amines is 1. The van der Waals surface area contributed by atoms with Crippen molar-refractivity contribution in [1.82, 2.24) is 4.98 Å². The zero-order valence-corrected chi connectivity index (χ0v) is 11.1. The van der Waals surface area contributed by atoms with Gasteiger partial charge < -0.3 is 5.11 Å². The summed E-state index contributed by atoms with van der Waals surface area (Å²) in [6, 6.07) is 8.77. The van der Waals surface area contributed by atoms with Crippen LogP contribution in [-0.2, 0) is 0 Å². The lowest BCUT2D eigenvalue weighted by atomic mass is 9.98. The summed E-state index contributed by atoms with van der Waals surface area (Å²) in [6.45, 7) is 1.88. The number of benzene rings is 1. The summed E-state index contributed by atoms with van der Waals surface area (Å²) < 4.78 is 0.840. The fourth-order valence-electron chi connectivity index (χ4n) is 1.76. The van der Waals surface area contributed by atoms with E-state index in [1.54, 1.807) is 0 Å². The molecule has 0 radical (unpaired) electrons. The van der Waals surface area contributed by atoms with Gasteiger partial charge in [-0.15, -0.1) is 0 Å². The summed E-state index contributed by atoms with van der Waals surface area (Å²) in [7, 11) is 0. The Morgan fingerprint density at radius 2 is 2.06 bits per heavy atom. The molecule has 18 heavy (non-hydrogen) atoms. The summed E-state index contributed by atoms with van der Waals surface area (Å²) in [5.74, 6) is -0.403. The van der Waals surface area contributed by atoms with Gasteiger partial charge in [0.1, 0.15) is 11.6 Å². The number of hydrogen-bond acceptors (Lipinski definition) is 3. The first kappa shape index (κ1) is 12.4. The predicted octanol–water partition coefficient (Wildman–Crippen LogP) is 2.69. The molecule has 0 atom stereocenters. The van der Waals surface area contributed by atoms with Gasteiger partial charge in [-0.2, -0.15) is 5.26 Å². The van der Waals surface area contributed by atoms with Crippen molar-refractivity contribution in [2.75, 3.05) is 0 Å². The van der Waals surface area contributed by atoms with Gasteiger partial charge >= 0.3 is 0 Å². The molecule has 2 N–H and O–H groups in total. The van der Waals surface area contributed by atoms with Crippen LogP contribution in [0.4, 0.5) is 0 Å². The van der Waals surface area contributed by atoms with Gasteiger partial charge in [-0.3, -0.25) is 9.78 Å². The van der Waals surface area contributed by atoms with Gasteiger partial charge in [0.2, 0.25) is 5.88 Å². The Hall–Kier alpha value is -2.06. The summed E-state index contributed by atoms with van der Waals surface area (Å²) in [5.41, 5.74) is 1.70. The van der Waals surface area contributed by atoms with Crippen LogP contribution in [0.5, 0.6) is 5.88 Å². The summed E-state index contributed by atoms with van der Waals surface area (Å²) in [6.07, 6.45) is 0. The molecule has 0 fully saturated rings. The molecule has 0 saturated carbocycles. The Balaban J connectivity index is 2.83. The second-order valence-corrected chi connectivity index (χ2v) is 4.76. The Labute approximate surface area is 112 Å². The minimum absolute atomic E-state index is 0.0656. The first-order chi connectivity index (χ1) is 8.52. The van der Waals surface area contributed by atoms with Crippen LogP contribution in [0.2, 0.25) is 0 Å². The molecule has 0 unspecified atom stereocenters. The van der Waals surface area contributed by atoms with E-state index in [1.165, 1.54) is 6.07 Å². The zero-order chi connectivity index (χ0) is 13.3. The molecule has 0 bridgehead atoms. The van der Waals surface area contributed by atoms with Crippen molar-refractivity contribution >= 4 is 15.9 Å². The molecule has 0 aliphatic carbocycles. The average Bonchev–Trinajstić information content (AvgIpc) is 2.31. The number of nitrogens with one attached hydrogen (secondary N) is 1. The molecule has 0 aliphatic heterocycles. The minimum atomic E-state index is -0.444.